The molecule has 0 saturated carbocycles. The zero-order chi connectivity index (χ0) is 13.0. The lowest BCUT2D eigenvalue weighted by Gasteiger charge is -2.15. The second kappa shape index (κ2) is 5.93. The summed E-state index contributed by atoms with van der Waals surface area (Å²) in [6.45, 7) is 3.62. The first kappa shape index (κ1) is 13.9. The largest absolute Gasteiger partial charge is 0.465 e. The summed E-state index contributed by atoms with van der Waals surface area (Å²) in [7, 11) is 1.34. The van der Waals surface area contributed by atoms with Crippen molar-refractivity contribution >= 4 is 23.4 Å². The van der Waals surface area contributed by atoms with Crippen LogP contribution in [0.5, 0.6) is 0 Å². The van der Waals surface area contributed by atoms with Gasteiger partial charge in [-0.2, -0.15) is 0 Å². The van der Waals surface area contributed by atoms with E-state index in [0.717, 1.165) is 4.90 Å². The maximum Gasteiger partial charge on any atom is 0.337 e. The van der Waals surface area contributed by atoms with E-state index in [1.807, 2.05) is 6.92 Å². The number of benzene rings is 1. The van der Waals surface area contributed by atoms with Crippen LogP contribution < -0.4 is 5.73 Å². The summed E-state index contributed by atoms with van der Waals surface area (Å²) in [4.78, 5) is 12.2. The van der Waals surface area contributed by atoms with Crippen molar-refractivity contribution < 1.29 is 14.6 Å². The van der Waals surface area contributed by atoms with Gasteiger partial charge in [-0.1, -0.05) is 6.92 Å². The zero-order valence-electron chi connectivity index (χ0n) is 10.1. The average molecular weight is 255 g/mol. The van der Waals surface area contributed by atoms with Gasteiger partial charge in [0.05, 0.1) is 18.8 Å². The third kappa shape index (κ3) is 3.64. The zero-order valence-corrected chi connectivity index (χ0v) is 11.0. The van der Waals surface area contributed by atoms with Gasteiger partial charge in [-0.05, 0) is 25.1 Å². The first-order valence-electron chi connectivity index (χ1n) is 5.28. The van der Waals surface area contributed by atoms with Gasteiger partial charge < -0.3 is 15.6 Å². The number of thioether (sulfide) groups is 1. The van der Waals surface area contributed by atoms with E-state index in [0.29, 0.717) is 11.3 Å². The molecule has 17 heavy (non-hydrogen) atoms. The molecule has 0 aromatic heterocycles. The number of carbonyl (C=O) groups is 1. The highest BCUT2D eigenvalue weighted by Crippen LogP contribution is 2.31. The standard InChI is InChI=1S/C12H17NO3S/c1-7(14)8(2)17-11-6-9(12(15)16-3)4-5-10(11)13/h4-8,14H,13H2,1-3H3. The number of aliphatic hydroxyl groups is 1. The van der Waals surface area contributed by atoms with Crippen LogP contribution in [-0.4, -0.2) is 29.5 Å². The molecule has 2 unspecified atom stereocenters. The molecule has 1 aromatic carbocycles. The van der Waals surface area contributed by atoms with Crippen LogP contribution >= 0.6 is 11.8 Å². The van der Waals surface area contributed by atoms with Crippen LogP contribution in [0.2, 0.25) is 0 Å². The highest BCUT2D eigenvalue weighted by atomic mass is 32.2. The van der Waals surface area contributed by atoms with Crippen LogP contribution in [0.25, 0.3) is 0 Å². The van der Waals surface area contributed by atoms with Crippen LogP contribution in [0.1, 0.15) is 24.2 Å². The Morgan fingerprint density at radius 1 is 1.47 bits per heavy atom. The number of esters is 1. The second-order valence-electron chi connectivity index (χ2n) is 3.81. The van der Waals surface area contributed by atoms with E-state index < -0.39 is 12.1 Å². The highest BCUT2D eigenvalue weighted by molar-refractivity contribution is 8.00. The van der Waals surface area contributed by atoms with E-state index in [4.69, 9.17) is 5.73 Å². The smallest absolute Gasteiger partial charge is 0.337 e. The van der Waals surface area contributed by atoms with Crippen LogP contribution in [0.3, 0.4) is 0 Å². The van der Waals surface area contributed by atoms with Gasteiger partial charge in [0, 0.05) is 15.8 Å². The molecule has 2 atom stereocenters. The van der Waals surface area contributed by atoms with Crippen LogP contribution in [0, 0.1) is 0 Å². The van der Waals surface area contributed by atoms with Crippen molar-refractivity contribution in [1.82, 2.24) is 0 Å². The summed E-state index contributed by atoms with van der Waals surface area (Å²) >= 11 is 1.44. The van der Waals surface area contributed by atoms with E-state index >= 15 is 0 Å². The van der Waals surface area contributed by atoms with Crippen molar-refractivity contribution in [3.63, 3.8) is 0 Å². The maximum absolute atomic E-state index is 11.4. The average Bonchev–Trinajstić information content (AvgIpc) is 2.30. The summed E-state index contributed by atoms with van der Waals surface area (Å²) in [5.74, 6) is -0.392. The maximum atomic E-state index is 11.4. The molecule has 0 saturated heterocycles. The fourth-order valence-electron chi connectivity index (χ4n) is 1.18. The van der Waals surface area contributed by atoms with Crippen LogP contribution in [0.4, 0.5) is 5.69 Å². The van der Waals surface area contributed by atoms with Gasteiger partial charge in [0.2, 0.25) is 0 Å². The lowest BCUT2D eigenvalue weighted by Crippen LogP contribution is -2.15. The van der Waals surface area contributed by atoms with Gasteiger partial charge >= 0.3 is 5.97 Å². The number of hydrogen-bond acceptors (Lipinski definition) is 5. The number of hydrogen-bond donors (Lipinski definition) is 2. The Kier molecular flexibility index (Phi) is 4.84. The predicted octanol–water partition coefficient (Wildman–Crippen LogP) is 1.92. The molecule has 1 rings (SSSR count). The molecule has 0 bridgehead atoms. The molecule has 94 valence electrons. The van der Waals surface area contributed by atoms with Crippen molar-refractivity contribution in [3.8, 4) is 0 Å². The van der Waals surface area contributed by atoms with Gasteiger partial charge in [0.15, 0.2) is 0 Å². The molecule has 0 aliphatic carbocycles. The third-order valence-corrected chi connectivity index (χ3v) is 3.80. The van der Waals surface area contributed by atoms with Crippen molar-refractivity contribution in [2.45, 2.75) is 30.1 Å². The topological polar surface area (TPSA) is 72.5 Å². The number of nitrogen functional groups attached to an aromatic ring is 1. The fourth-order valence-corrected chi connectivity index (χ4v) is 2.18. The summed E-state index contributed by atoms with van der Waals surface area (Å²) in [6, 6.07) is 4.98. The van der Waals surface area contributed by atoms with Gasteiger partial charge in [-0.3, -0.25) is 0 Å². The van der Waals surface area contributed by atoms with E-state index in [9.17, 15) is 9.90 Å². The fraction of sp³-hybridized carbons (Fsp3) is 0.417. The molecule has 0 spiro atoms. The molecular formula is C12H17NO3S. The quantitative estimate of drug-likeness (QED) is 0.488. The Bertz CT molecular complexity index is 407. The van der Waals surface area contributed by atoms with Gasteiger partial charge in [0.25, 0.3) is 0 Å². The summed E-state index contributed by atoms with van der Waals surface area (Å²) in [6.07, 6.45) is -0.443. The van der Waals surface area contributed by atoms with Gasteiger partial charge in [-0.15, -0.1) is 11.8 Å². The Hall–Kier alpha value is -1.20. The minimum absolute atomic E-state index is 0.00481. The van der Waals surface area contributed by atoms with Crippen LogP contribution in [0.15, 0.2) is 23.1 Å². The molecular weight excluding hydrogens is 238 g/mol. The number of rotatable bonds is 4. The number of nitrogens with two attached hydrogens (primary N) is 1. The third-order valence-electron chi connectivity index (χ3n) is 2.43. The lowest BCUT2D eigenvalue weighted by molar-refractivity contribution is 0.0600. The molecule has 0 radical (unpaired) electrons. The normalized spacial score (nSPS) is 14.1. The molecule has 4 nitrogen and oxygen atoms in total. The molecule has 0 aliphatic rings. The number of carbonyl (C=O) groups excluding carboxylic acids is 1. The molecule has 3 N–H and O–H groups in total. The molecule has 0 fully saturated rings. The molecule has 0 heterocycles. The summed E-state index contributed by atoms with van der Waals surface area (Å²) < 4.78 is 4.65. The minimum Gasteiger partial charge on any atom is -0.465 e. The molecule has 0 amide bonds. The second-order valence-corrected chi connectivity index (χ2v) is 5.23. The molecule has 0 aliphatic heterocycles. The molecule has 5 heteroatoms. The highest BCUT2D eigenvalue weighted by Gasteiger charge is 2.14. The predicted molar refractivity (Wildman–Crippen MR) is 69.2 cm³/mol. The number of methoxy groups -OCH3 is 1. The van der Waals surface area contributed by atoms with E-state index in [2.05, 4.69) is 4.74 Å². The van der Waals surface area contributed by atoms with Crippen molar-refractivity contribution in [2.75, 3.05) is 12.8 Å². The summed E-state index contributed by atoms with van der Waals surface area (Å²) in [5.41, 5.74) is 6.88. The lowest BCUT2D eigenvalue weighted by atomic mass is 10.2. The Morgan fingerprint density at radius 3 is 2.65 bits per heavy atom. The summed E-state index contributed by atoms with van der Waals surface area (Å²) in [5, 5.41) is 9.45. The number of aliphatic hydroxyl groups excluding tert-OH is 1. The van der Waals surface area contributed by atoms with Crippen molar-refractivity contribution in [1.29, 1.82) is 0 Å². The monoisotopic (exact) mass is 255 g/mol. The van der Waals surface area contributed by atoms with E-state index in [1.54, 1.807) is 25.1 Å². The first-order chi connectivity index (χ1) is 7.95. The van der Waals surface area contributed by atoms with E-state index in [-0.39, 0.29) is 5.25 Å². The van der Waals surface area contributed by atoms with Crippen LogP contribution in [-0.2, 0) is 4.74 Å². The van der Waals surface area contributed by atoms with Gasteiger partial charge in [0.1, 0.15) is 0 Å². The van der Waals surface area contributed by atoms with Crippen molar-refractivity contribution in [2.24, 2.45) is 0 Å². The minimum atomic E-state index is -0.443. The van der Waals surface area contributed by atoms with Gasteiger partial charge in [-0.25, -0.2) is 4.79 Å². The Labute approximate surface area is 105 Å². The first-order valence-corrected chi connectivity index (χ1v) is 6.16. The SMILES string of the molecule is COC(=O)c1ccc(N)c(SC(C)C(C)O)c1. The van der Waals surface area contributed by atoms with E-state index in [1.165, 1.54) is 18.9 Å². The Morgan fingerprint density at radius 2 is 2.12 bits per heavy atom. The van der Waals surface area contributed by atoms with Crippen molar-refractivity contribution in [3.05, 3.63) is 23.8 Å². The number of anilines is 1. The number of ether oxygens (including phenoxy) is 1. The Balaban J connectivity index is 2.94. The molecule has 1 aromatic rings.